The van der Waals surface area contributed by atoms with Gasteiger partial charge in [-0.25, -0.2) is 0 Å². The summed E-state index contributed by atoms with van der Waals surface area (Å²) < 4.78 is 13.2. The van der Waals surface area contributed by atoms with Crippen molar-refractivity contribution in [1.82, 2.24) is 4.98 Å². The predicted molar refractivity (Wildman–Crippen MR) is 261 cm³/mol. The van der Waals surface area contributed by atoms with E-state index in [1.807, 2.05) is 23.0 Å². The summed E-state index contributed by atoms with van der Waals surface area (Å²) in [6, 6.07) is 34.6. The maximum Gasteiger partial charge on any atom is 2.00 e. The summed E-state index contributed by atoms with van der Waals surface area (Å²) in [5.41, 5.74) is 11.0. The van der Waals surface area contributed by atoms with E-state index in [2.05, 4.69) is 146 Å². The number of esters is 1. The van der Waals surface area contributed by atoms with E-state index < -0.39 is 0 Å². The molecule has 0 amide bonds. The summed E-state index contributed by atoms with van der Waals surface area (Å²) in [6.45, 7) is 18.9. The van der Waals surface area contributed by atoms with Gasteiger partial charge in [-0.2, -0.15) is 29.5 Å². The smallest absolute Gasteiger partial charge is 0.494 e. The Hall–Kier alpha value is -5.25. The van der Waals surface area contributed by atoms with Crippen molar-refractivity contribution in [2.75, 3.05) is 6.61 Å². The molecule has 0 bridgehead atoms. The van der Waals surface area contributed by atoms with Crippen LogP contribution in [0.5, 0.6) is 5.75 Å². The molecule has 0 N–H and O–H groups in total. The number of rotatable bonds is 22. The van der Waals surface area contributed by atoms with Crippen molar-refractivity contribution >= 4 is 27.8 Å². The van der Waals surface area contributed by atoms with Gasteiger partial charge in [0.15, 0.2) is 0 Å². The Labute approximate surface area is 393 Å². The summed E-state index contributed by atoms with van der Waals surface area (Å²) in [7, 11) is 4.02. The molecule has 2 heterocycles. The van der Waals surface area contributed by atoms with Gasteiger partial charge in [-0.15, -0.1) is 17.2 Å². The van der Waals surface area contributed by atoms with Crippen LogP contribution in [-0.2, 0) is 30.6 Å². The maximum absolute atomic E-state index is 11.8. The Balaban J connectivity index is 0.000000456. The van der Waals surface area contributed by atoms with Crippen LogP contribution in [-0.4, -0.2) is 23.7 Å². The molecule has 2 aromatic heterocycles. The van der Waals surface area contributed by atoms with Crippen molar-refractivity contribution in [2.24, 2.45) is 0 Å². The van der Waals surface area contributed by atoms with Crippen LogP contribution >= 0.6 is 0 Å². The Bertz CT molecular complexity index is 2320. The van der Waals surface area contributed by atoms with Gasteiger partial charge in [0.1, 0.15) is 11.9 Å². The zero-order chi connectivity index (χ0) is 44.3. The second kappa shape index (κ2) is 26.4. The molecule has 6 heteroatoms. The normalized spacial score (nSPS) is 10.8. The van der Waals surface area contributed by atoms with Crippen LogP contribution in [0.2, 0.25) is 0 Å². The Morgan fingerprint density at radius 1 is 0.778 bits per heavy atom. The summed E-state index contributed by atoms with van der Waals surface area (Å²) in [5, 5.41) is 2.47. The van der Waals surface area contributed by atoms with Gasteiger partial charge in [0, 0.05) is 19.7 Å². The molecule has 334 valence electrons. The molecule has 0 unspecified atom stereocenters. The van der Waals surface area contributed by atoms with Gasteiger partial charge in [-0.1, -0.05) is 166 Å². The van der Waals surface area contributed by atoms with Crippen molar-refractivity contribution in [3.05, 3.63) is 170 Å². The van der Waals surface area contributed by atoms with Crippen molar-refractivity contribution in [1.29, 1.82) is 0 Å². The molecule has 0 aliphatic carbocycles. The Morgan fingerprint density at radius 2 is 1.40 bits per heavy atom. The van der Waals surface area contributed by atoms with Gasteiger partial charge in [-0.05, 0) is 81.7 Å². The van der Waals surface area contributed by atoms with E-state index >= 15 is 0 Å². The third kappa shape index (κ3) is 14.7. The third-order valence-electron chi connectivity index (χ3n) is 11.3. The van der Waals surface area contributed by atoms with Crippen LogP contribution in [0.1, 0.15) is 121 Å². The topological polar surface area (TPSA) is 52.3 Å². The molecule has 0 saturated carbocycles. The number of aromatic nitrogens is 2. The number of benzene rings is 4. The number of fused-ring (bicyclic) bond motifs is 2. The summed E-state index contributed by atoms with van der Waals surface area (Å²) >= 11 is 0. The first-order valence-electron chi connectivity index (χ1n) is 22.7. The van der Waals surface area contributed by atoms with Crippen LogP contribution in [0, 0.1) is 25.8 Å². The molecule has 63 heavy (non-hydrogen) atoms. The number of carbonyl (C=O) groups excluding carboxylic acids is 1. The number of carbonyl (C=O) groups is 1. The number of hydrogen-bond donors (Lipinski definition) is 0. The fourth-order valence-electron chi connectivity index (χ4n) is 8.11. The van der Waals surface area contributed by atoms with Gasteiger partial charge < -0.3 is 19.0 Å². The zero-order valence-electron chi connectivity index (χ0n) is 38.4. The fraction of sp³-hybridized carbons (Fsp3) is 0.333. The van der Waals surface area contributed by atoms with Crippen molar-refractivity contribution in [3.8, 4) is 28.0 Å². The van der Waals surface area contributed by atoms with E-state index in [1.165, 1.54) is 79.9 Å². The molecule has 0 spiro atoms. The number of pyridine rings is 2. The predicted octanol–water partition coefficient (Wildman–Crippen LogP) is 14.9. The summed E-state index contributed by atoms with van der Waals surface area (Å²) in [6.07, 6.45) is 19.3. The number of para-hydroxylation sites is 1. The summed E-state index contributed by atoms with van der Waals surface area (Å²) in [4.78, 5) is 16.6. The van der Waals surface area contributed by atoms with Crippen LogP contribution < -0.4 is 9.30 Å². The molecule has 0 atom stereocenters. The molecule has 4 aromatic carbocycles. The largest absolute Gasteiger partial charge is 2.00 e. The molecule has 5 nitrogen and oxygen atoms in total. The van der Waals surface area contributed by atoms with E-state index in [4.69, 9.17) is 14.5 Å². The number of nitrogens with zero attached hydrogens (tertiary/aromatic N) is 2. The second-order valence-electron chi connectivity index (χ2n) is 16.5. The van der Waals surface area contributed by atoms with Crippen molar-refractivity contribution in [2.45, 2.75) is 118 Å². The van der Waals surface area contributed by atoms with E-state index in [0.29, 0.717) is 6.42 Å². The van der Waals surface area contributed by atoms with Gasteiger partial charge in [0.05, 0.1) is 18.3 Å². The SMILES string of the molecule is C=CC(C=C)OC(=O)CCCCCCCCCOc1ccc(-c2ccc(-c3ccnc4c([C-](CCC)CCC)cccc34)cc2)cc1.[CH2-][n+]1cccc2cc(C)cc([C-](C)C)c21.[Pt+2]. The number of aryl methyl sites for hydroxylation is 1. The van der Waals surface area contributed by atoms with Crippen molar-refractivity contribution < 1.29 is 39.9 Å². The number of ether oxygens (including phenoxy) is 2. The second-order valence-corrected chi connectivity index (χ2v) is 16.5. The van der Waals surface area contributed by atoms with E-state index in [1.54, 1.807) is 12.2 Å². The average molecular weight is 1020 g/mol. The average Bonchev–Trinajstić information content (AvgIpc) is 3.28. The molecule has 0 aliphatic heterocycles. The molecular formula is C57H68N2O3Pt. The Kier molecular flexibility index (Phi) is 21.1. The fourth-order valence-corrected chi connectivity index (χ4v) is 8.11. The van der Waals surface area contributed by atoms with E-state index in [0.717, 1.165) is 75.7 Å². The molecule has 0 fully saturated rings. The minimum absolute atomic E-state index is 0. The number of hydrogen-bond acceptors (Lipinski definition) is 4. The zero-order valence-corrected chi connectivity index (χ0v) is 40.6. The molecule has 6 aromatic rings. The minimum atomic E-state index is -0.387. The van der Waals surface area contributed by atoms with Crippen LogP contribution in [0.25, 0.3) is 44.1 Å². The van der Waals surface area contributed by atoms with Crippen LogP contribution in [0.3, 0.4) is 0 Å². The number of unbranched alkanes of at least 4 members (excludes halogenated alkanes) is 6. The van der Waals surface area contributed by atoms with Gasteiger partial charge in [0.2, 0.25) is 0 Å². The molecule has 0 aliphatic rings. The first-order valence-corrected chi connectivity index (χ1v) is 22.7. The first kappa shape index (κ1) is 50.4. The molecular weight excluding hydrogens is 956 g/mol. The van der Waals surface area contributed by atoms with Crippen LogP contribution in [0.15, 0.2) is 135 Å². The third-order valence-corrected chi connectivity index (χ3v) is 11.3. The standard InChI is InChI=1S/C43H52NO3.C14H16N.Pt/c1-5-17-35(18-6-2)40-19-16-20-41-39(30-31-44-43(40)41)36-24-22-33(23-25-36)34-26-28-38(29-27-34)46-32-15-13-11-9-10-12-14-21-42(45)47-37(7-3)8-4;1-10(2)13-9-11(3)8-12-6-5-7-15(4)14(12)13;/h7-8,16,19-20,22-31,37H,3-6,9-15,17-18,21,32H2,1-2H3;5-9H,4H2,1-3H3;/q2*-1;+2. The van der Waals surface area contributed by atoms with Crippen molar-refractivity contribution in [3.63, 3.8) is 0 Å². The van der Waals surface area contributed by atoms with Gasteiger partial charge in [-0.3, -0.25) is 4.79 Å². The molecule has 0 radical (unpaired) electrons. The first-order chi connectivity index (χ1) is 30.2. The Morgan fingerprint density at radius 3 is 2.03 bits per heavy atom. The van der Waals surface area contributed by atoms with Gasteiger partial charge in [0.25, 0.3) is 0 Å². The minimum Gasteiger partial charge on any atom is -0.494 e. The summed E-state index contributed by atoms with van der Waals surface area (Å²) in [5.74, 6) is 3.57. The monoisotopic (exact) mass is 1020 g/mol. The van der Waals surface area contributed by atoms with Crippen LogP contribution in [0.4, 0.5) is 0 Å². The maximum atomic E-state index is 11.8. The quantitative estimate of drug-likeness (QED) is 0.0224. The van der Waals surface area contributed by atoms with E-state index in [9.17, 15) is 4.79 Å². The van der Waals surface area contributed by atoms with Gasteiger partial charge >= 0.3 is 27.0 Å². The molecule has 6 rings (SSSR count). The van der Waals surface area contributed by atoms with E-state index in [-0.39, 0.29) is 33.1 Å². The molecule has 0 saturated heterocycles.